The summed E-state index contributed by atoms with van der Waals surface area (Å²) in [6.45, 7) is -1.29. The Kier molecular flexibility index (Phi) is 6.90. The molecule has 2 nitrogen and oxygen atoms in total. The van der Waals surface area contributed by atoms with Crippen LogP contribution in [-0.4, -0.2) is 42.9 Å². The van der Waals surface area contributed by atoms with Crippen LogP contribution in [0.3, 0.4) is 0 Å². The van der Waals surface area contributed by atoms with E-state index in [0.29, 0.717) is 0 Å². The molecule has 13 heteroatoms. The fourth-order valence-corrected chi connectivity index (χ4v) is 1.65. The molecule has 0 N–H and O–H groups in total. The van der Waals surface area contributed by atoms with E-state index in [9.17, 15) is 53.1 Å². The van der Waals surface area contributed by atoms with Crippen molar-refractivity contribution in [2.24, 2.45) is 0 Å². The van der Waals surface area contributed by atoms with Crippen molar-refractivity contribution in [2.45, 2.75) is 55.5 Å². The van der Waals surface area contributed by atoms with Gasteiger partial charge < -0.3 is 4.74 Å². The van der Waals surface area contributed by atoms with Gasteiger partial charge in [-0.05, 0) is 0 Å². The van der Waals surface area contributed by atoms with Crippen molar-refractivity contribution >= 4 is 6.47 Å². The van der Waals surface area contributed by atoms with Crippen molar-refractivity contribution < 1.29 is 57.8 Å². The predicted molar refractivity (Wildman–Crippen MR) is 56.3 cm³/mol. The molecule has 0 atom stereocenters. The van der Waals surface area contributed by atoms with Crippen LogP contribution in [0.25, 0.3) is 0 Å². The second-order valence-electron chi connectivity index (χ2n) is 5.02. The highest BCUT2D eigenvalue weighted by atomic mass is 19.4. The molecule has 0 bridgehead atoms. The molecular weight excluding hydrogens is 373 g/mol. The van der Waals surface area contributed by atoms with Crippen LogP contribution in [-0.2, 0) is 9.53 Å². The Morgan fingerprint density at radius 3 is 1.50 bits per heavy atom. The lowest BCUT2D eigenvalue weighted by Gasteiger charge is -2.29. The number of rotatable bonds is 10. The second-order valence-corrected chi connectivity index (χ2v) is 5.02. The molecule has 0 aliphatic rings. The number of ether oxygens (including phenoxy) is 1. The molecule has 0 aromatic rings. The first-order chi connectivity index (χ1) is 10.4. The summed E-state index contributed by atoms with van der Waals surface area (Å²) in [5, 5.41) is 0. The largest absolute Gasteiger partial charge is 0.468 e. The third-order valence-corrected chi connectivity index (χ3v) is 2.58. The van der Waals surface area contributed by atoms with Crippen LogP contribution in [0.4, 0.5) is 48.3 Å². The quantitative estimate of drug-likeness (QED) is 0.307. The van der Waals surface area contributed by atoms with Gasteiger partial charge in [0.1, 0.15) is 0 Å². The van der Waals surface area contributed by atoms with E-state index in [4.69, 9.17) is 0 Å². The molecule has 0 spiro atoms. The number of alkyl halides is 11. The minimum atomic E-state index is -6.40. The molecule has 24 heavy (non-hydrogen) atoms. The van der Waals surface area contributed by atoms with Gasteiger partial charge in [-0.3, -0.25) is 4.79 Å². The van der Waals surface area contributed by atoms with Gasteiger partial charge in [0.25, 0.3) is 24.2 Å². The van der Waals surface area contributed by atoms with E-state index in [1.54, 1.807) is 0 Å². The zero-order valence-electron chi connectivity index (χ0n) is 11.6. The maximum absolute atomic E-state index is 13.2. The van der Waals surface area contributed by atoms with Gasteiger partial charge in [-0.1, -0.05) is 0 Å². The van der Waals surface area contributed by atoms with Crippen LogP contribution in [0.5, 0.6) is 0 Å². The molecule has 0 rings (SSSR count). The van der Waals surface area contributed by atoms with Crippen molar-refractivity contribution in [2.75, 3.05) is 6.61 Å². The maximum atomic E-state index is 13.2. The smallest absolute Gasteiger partial charge is 0.453 e. The Morgan fingerprint density at radius 2 is 1.08 bits per heavy atom. The second kappa shape index (κ2) is 7.30. The first-order valence-electron chi connectivity index (χ1n) is 6.06. The lowest BCUT2D eigenvalue weighted by atomic mass is 9.97. The van der Waals surface area contributed by atoms with Crippen LogP contribution in [0, 0.1) is 0 Å². The van der Waals surface area contributed by atoms with E-state index < -0.39 is 62.2 Å². The number of hydrogen-bond acceptors (Lipinski definition) is 2. The molecule has 0 radical (unpaired) electrons. The summed E-state index contributed by atoms with van der Waals surface area (Å²) < 4.78 is 143. The van der Waals surface area contributed by atoms with Gasteiger partial charge in [0.2, 0.25) is 0 Å². The van der Waals surface area contributed by atoms with E-state index in [1.807, 2.05) is 0 Å². The van der Waals surface area contributed by atoms with Gasteiger partial charge in [0.15, 0.2) is 0 Å². The minimum Gasteiger partial charge on any atom is -0.468 e. The highest BCUT2D eigenvalue weighted by Crippen LogP contribution is 2.47. The molecule has 0 aliphatic heterocycles. The van der Waals surface area contributed by atoms with Crippen molar-refractivity contribution in [3.63, 3.8) is 0 Å². The highest BCUT2D eigenvalue weighted by Gasteiger charge is 2.63. The Bertz CT molecular complexity index is 417. The average Bonchev–Trinajstić information content (AvgIpc) is 2.21. The summed E-state index contributed by atoms with van der Waals surface area (Å²) >= 11 is 0. The minimum absolute atomic E-state index is 0.276. The van der Waals surface area contributed by atoms with Crippen molar-refractivity contribution in [3.8, 4) is 0 Å². The van der Waals surface area contributed by atoms with Crippen LogP contribution in [0.2, 0.25) is 0 Å². The highest BCUT2D eigenvalue weighted by molar-refractivity contribution is 5.36. The van der Waals surface area contributed by atoms with Crippen LogP contribution < -0.4 is 0 Å². The Morgan fingerprint density at radius 1 is 0.667 bits per heavy atom. The summed E-state index contributed by atoms with van der Waals surface area (Å²) in [6, 6.07) is 0. The fraction of sp³-hybridized carbons (Fsp3) is 0.909. The average molecular weight is 384 g/mol. The summed E-state index contributed by atoms with van der Waals surface area (Å²) in [4.78, 5) is 9.70. The predicted octanol–water partition coefficient (Wildman–Crippen LogP) is 4.82. The summed E-state index contributed by atoms with van der Waals surface area (Å²) in [7, 11) is 0. The maximum Gasteiger partial charge on any atom is 0.453 e. The number of carbonyl (C=O) groups is 1. The molecule has 0 aromatic heterocycles. The molecule has 0 heterocycles. The van der Waals surface area contributed by atoms with Gasteiger partial charge in [0, 0.05) is 6.42 Å². The van der Waals surface area contributed by atoms with E-state index in [0.717, 1.165) is 0 Å². The zero-order valence-corrected chi connectivity index (χ0v) is 11.6. The molecule has 0 saturated carbocycles. The van der Waals surface area contributed by atoms with Crippen LogP contribution in [0.1, 0.15) is 25.7 Å². The normalized spacial score (nSPS) is 14.6. The van der Waals surface area contributed by atoms with Gasteiger partial charge in [-0.25, -0.2) is 26.3 Å². The zero-order chi connectivity index (χ0) is 19.4. The Balaban J connectivity index is 4.91. The lowest BCUT2D eigenvalue weighted by Crippen LogP contribution is -2.44. The van der Waals surface area contributed by atoms with Gasteiger partial charge >= 0.3 is 12.1 Å². The van der Waals surface area contributed by atoms with Gasteiger partial charge in [-0.15, -0.1) is 0 Å². The van der Waals surface area contributed by atoms with Crippen molar-refractivity contribution in [1.82, 2.24) is 0 Å². The van der Waals surface area contributed by atoms with Crippen LogP contribution >= 0.6 is 0 Å². The molecule has 0 fully saturated rings. The number of hydrogen-bond donors (Lipinski definition) is 0. The summed E-state index contributed by atoms with van der Waals surface area (Å²) in [5.74, 6) is -20.5. The third-order valence-electron chi connectivity index (χ3n) is 2.58. The van der Waals surface area contributed by atoms with Crippen molar-refractivity contribution in [3.05, 3.63) is 0 Å². The molecule has 0 unspecified atom stereocenters. The molecule has 144 valence electrons. The third kappa shape index (κ3) is 7.99. The van der Waals surface area contributed by atoms with Gasteiger partial charge in [-0.2, -0.15) is 22.0 Å². The SMILES string of the molecule is O=COCCC(F)(F)CC(F)(F)CC(F)(F)CC(F)(F)C(F)(F)F. The molecule has 0 saturated heterocycles. The summed E-state index contributed by atoms with van der Waals surface area (Å²) in [6.07, 6.45) is -16.6. The van der Waals surface area contributed by atoms with E-state index >= 15 is 0 Å². The van der Waals surface area contributed by atoms with Crippen LogP contribution in [0.15, 0.2) is 0 Å². The van der Waals surface area contributed by atoms with Crippen molar-refractivity contribution in [1.29, 1.82) is 0 Å². The number of carbonyl (C=O) groups excluding carboxylic acids is 1. The molecular formula is C11H11F11O2. The topological polar surface area (TPSA) is 26.3 Å². The van der Waals surface area contributed by atoms with E-state index in [-0.39, 0.29) is 6.47 Å². The first kappa shape index (κ1) is 22.7. The Hall–Kier alpha value is -1.30. The van der Waals surface area contributed by atoms with E-state index in [1.165, 1.54) is 0 Å². The molecule has 0 aromatic carbocycles. The first-order valence-corrected chi connectivity index (χ1v) is 6.06. The van der Waals surface area contributed by atoms with E-state index in [2.05, 4.69) is 4.74 Å². The number of halogens is 11. The Labute approximate surface area is 127 Å². The fourth-order valence-electron chi connectivity index (χ4n) is 1.65. The molecule has 0 amide bonds. The standard InChI is InChI=1S/C11H11F11O2/c12-7(13,1-2-24-6-23)3-8(14,15)4-9(16,17)5-10(18,19)11(20,21)22/h6H,1-5H2. The summed E-state index contributed by atoms with van der Waals surface area (Å²) in [5.41, 5.74) is 0. The molecule has 0 aliphatic carbocycles. The lowest BCUT2D eigenvalue weighted by molar-refractivity contribution is -0.304. The monoisotopic (exact) mass is 384 g/mol. The van der Waals surface area contributed by atoms with Gasteiger partial charge in [0.05, 0.1) is 25.9 Å².